The minimum absolute atomic E-state index is 1.00. The zero-order valence-corrected chi connectivity index (χ0v) is 9.64. The first kappa shape index (κ1) is 10.6. The van der Waals surface area contributed by atoms with Gasteiger partial charge in [-0.15, -0.1) is 0 Å². The van der Waals surface area contributed by atoms with Gasteiger partial charge in [0.25, 0.3) is 0 Å². The van der Waals surface area contributed by atoms with Gasteiger partial charge >= 0.3 is 0 Å². The van der Waals surface area contributed by atoms with Crippen LogP contribution in [0.2, 0.25) is 0 Å². The zero-order chi connectivity index (χ0) is 11.4. The fourth-order valence-corrected chi connectivity index (χ4v) is 1.56. The van der Waals surface area contributed by atoms with Crippen molar-refractivity contribution in [1.29, 1.82) is 0 Å². The van der Waals surface area contributed by atoms with E-state index in [1.807, 2.05) is 37.3 Å². The highest BCUT2D eigenvalue weighted by molar-refractivity contribution is 6.00. The number of rotatable bonds is 2. The Morgan fingerprint density at radius 1 is 0.875 bits per heavy atom. The van der Waals surface area contributed by atoms with E-state index in [0.29, 0.717) is 0 Å². The van der Waals surface area contributed by atoms with Crippen LogP contribution in [-0.4, -0.2) is 5.71 Å². The van der Waals surface area contributed by atoms with Crippen LogP contribution >= 0.6 is 0 Å². The summed E-state index contributed by atoms with van der Waals surface area (Å²) in [4.78, 5) is 4.58. The molecule has 0 aliphatic rings. The predicted octanol–water partition coefficient (Wildman–Crippen LogP) is 4.14. The first-order valence-corrected chi connectivity index (χ1v) is 5.43. The molecule has 0 saturated heterocycles. The standard InChI is InChI=1S/C15H15N/c1-12-8-10-14(11-9-12)13(2)16-15-6-4-3-5-7-15/h3-11H,1-2H3. The van der Waals surface area contributed by atoms with Crippen LogP contribution in [0.25, 0.3) is 0 Å². The van der Waals surface area contributed by atoms with Gasteiger partial charge in [0.05, 0.1) is 5.69 Å². The Balaban J connectivity index is 2.28. The zero-order valence-electron chi connectivity index (χ0n) is 9.64. The average Bonchev–Trinajstić information content (AvgIpc) is 2.31. The van der Waals surface area contributed by atoms with Crippen LogP contribution in [0.4, 0.5) is 5.69 Å². The Bertz CT molecular complexity index is 481. The van der Waals surface area contributed by atoms with Crippen molar-refractivity contribution in [2.45, 2.75) is 13.8 Å². The van der Waals surface area contributed by atoms with Crippen LogP contribution in [0.3, 0.4) is 0 Å². The summed E-state index contributed by atoms with van der Waals surface area (Å²) in [6.07, 6.45) is 0. The molecule has 0 saturated carbocycles. The molecule has 0 unspecified atom stereocenters. The molecule has 16 heavy (non-hydrogen) atoms. The van der Waals surface area contributed by atoms with Gasteiger partial charge in [0, 0.05) is 5.71 Å². The van der Waals surface area contributed by atoms with Gasteiger partial charge in [-0.25, -0.2) is 0 Å². The molecule has 1 heteroatoms. The molecule has 2 aromatic rings. The number of hydrogen-bond acceptors (Lipinski definition) is 1. The SMILES string of the molecule is CC(=Nc1ccccc1)c1ccc(C)cc1. The summed E-state index contributed by atoms with van der Waals surface area (Å²) in [5.41, 5.74) is 4.50. The lowest BCUT2D eigenvalue weighted by Crippen LogP contribution is -1.93. The van der Waals surface area contributed by atoms with Gasteiger partial charge in [-0.2, -0.15) is 0 Å². The van der Waals surface area contributed by atoms with Crippen LogP contribution in [0.15, 0.2) is 59.6 Å². The van der Waals surface area contributed by atoms with E-state index in [-0.39, 0.29) is 0 Å². The lowest BCUT2D eigenvalue weighted by atomic mass is 10.1. The highest BCUT2D eigenvalue weighted by Gasteiger charge is 1.96. The van der Waals surface area contributed by atoms with E-state index in [9.17, 15) is 0 Å². The van der Waals surface area contributed by atoms with Gasteiger partial charge in [0.1, 0.15) is 0 Å². The van der Waals surface area contributed by atoms with E-state index >= 15 is 0 Å². The van der Waals surface area contributed by atoms with Crippen molar-refractivity contribution in [3.8, 4) is 0 Å². The maximum absolute atomic E-state index is 4.58. The molecule has 0 aromatic heterocycles. The van der Waals surface area contributed by atoms with Crippen molar-refractivity contribution in [3.05, 3.63) is 65.7 Å². The van der Waals surface area contributed by atoms with E-state index in [4.69, 9.17) is 0 Å². The van der Waals surface area contributed by atoms with Crippen LogP contribution in [-0.2, 0) is 0 Å². The molecule has 80 valence electrons. The van der Waals surface area contributed by atoms with Crippen LogP contribution in [0.5, 0.6) is 0 Å². The minimum atomic E-state index is 1.00. The lowest BCUT2D eigenvalue weighted by molar-refractivity contribution is 1.43. The summed E-state index contributed by atoms with van der Waals surface area (Å²) in [6.45, 7) is 4.13. The second-order valence-electron chi connectivity index (χ2n) is 3.90. The van der Waals surface area contributed by atoms with E-state index in [1.54, 1.807) is 0 Å². The van der Waals surface area contributed by atoms with Gasteiger partial charge in [-0.05, 0) is 31.5 Å². The topological polar surface area (TPSA) is 12.4 Å². The Hall–Kier alpha value is -1.89. The van der Waals surface area contributed by atoms with Crippen LogP contribution in [0.1, 0.15) is 18.1 Å². The van der Waals surface area contributed by atoms with Crippen molar-refractivity contribution in [1.82, 2.24) is 0 Å². The lowest BCUT2D eigenvalue weighted by Gasteiger charge is -2.01. The third-order valence-corrected chi connectivity index (χ3v) is 2.52. The van der Waals surface area contributed by atoms with Gasteiger partial charge in [0.15, 0.2) is 0 Å². The molecule has 2 rings (SSSR count). The minimum Gasteiger partial charge on any atom is -0.253 e. The number of aliphatic imine (C=N–C) groups is 1. The van der Waals surface area contributed by atoms with Crippen molar-refractivity contribution < 1.29 is 0 Å². The van der Waals surface area contributed by atoms with E-state index < -0.39 is 0 Å². The van der Waals surface area contributed by atoms with E-state index in [2.05, 4.69) is 36.2 Å². The van der Waals surface area contributed by atoms with Crippen molar-refractivity contribution in [3.63, 3.8) is 0 Å². The summed E-state index contributed by atoms with van der Waals surface area (Å²) in [5.74, 6) is 0. The third-order valence-electron chi connectivity index (χ3n) is 2.52. The Kier molecular flexibility index (Phi) is 3.16. The fraction of sp³-hybridized carbons (Fsp3) is 0.133. The molecule has 0 spiro atoms. The molecule has 0 bridgehead atoms. The summed E-state index contributed by atoms with van der Waals surface area (Å²) in [6, 6.07) is 18.5. The molecule has 0 radical (unpaired) electrons. The van der Waals surface area contributed by atoms with Crippen LogP contribution < -0.4 is 0 Å². The number of hydrogen-bond donors (Lipinski definition) is 0. The Labute approximate surface area is 96.5 Å². The molecule has 1 nitrogen and oxygen atoms in total. The monoisotopic (exact) mass is 209 g/mol. The van der Waals surface area contributed by atoms with Gasteiger partial charge in [0.2, 0.25) is 0 Å². The maximum Gasteiger partial charge on any atom is 0.0633 e. The smallest absolute Gasteiger partial charge is 0.0633 e. The van der Waals surface area contributed by atoms with Gasteiger partial charge < -0.3 is 0 Å². The molecular formula is C15H15N. The molecule has 0 atom stereocenters. The highest BCUT2D eigenvalue weighted by Crippen LogP contribution is 2.13. The molecule has 0 N–H and O–H groups in total. The fourth-order valence-electron chi connectivity index (χ4n) is 1.56. The van der Waals surface area contributed by atoms with Gasteiger partial charge in [-0.3, -0.25) is 4.99 Å². The van der Waals surface area contributed by atoms with Crippen molar-refractivity contribution >= 4 is 11.4 Å². The average molecular weight is 209 g/mol. The summed E-state index contributed by atoms with van der Waals surface area (Å²) in [5, 5.41) is 0. The number of para-hydroxylation sites is 1. The predicted molar refractivity (Wildman–Crippen MR) is 69.5 cm³/mol. The number of benzene rings is 2. The molecule has 0 aliphatic heterocycles. The van der Waals surface area contributed by atoms with E-state index in [0.717, 1.165) is 11.4 Å². The Morgan fingerprint density at radius 3 is 2.12 bits per heavy atom. The van der Waals surface area contributed by atoms with Crippen LogP contribution in [0, 0.1) is 6.92 Å². The molecule has 0 aliphatic carbocycles. The largest absolute Gasteiger partial charge is 0.253 e. The highest BCUT2D eigenvalue weighted by atomic mass is 14.7. The Morgan fingerprint density at radius 2 is 1.50 bits per heavy atom. The normalized spacial score (nSPS) is 11.5. The van der Waals surface area contributed by atoms with Crippen molar-refractivity contribution in [2.24, 2.45) is 4.99 Å². The maximum atomic E-state index is 4.58. The number of aryl methyl sites for hydroxylation is 1. The first-order valence-electron chi connectivity index (χ1n) is 5.43. The van der Waals surface area contributed by atoms with Gasteiger partial charge in [-0.1, -0.05) is 48.0 Å². The summed E-state index contributed by atoms with van der Waals surface area (Å²) < 4.78 is 0. The van der Waals surface area contributed by atoms with Crippen molar-refractivity contribution in [2.75, 3.05) is 0 Å². The molecule has 2 aromatic carbocycles. The summed E-state index contributed by atoms with van der Waals surface area (Å²) >= 11 is 0. The molecule has 0 heterocycles. The molecule has 0 fully saturated rings. The second-order valence-corrected chi connectivity index (χ2v) is 3.90. The quantitative estimate of drug-likeness (QED) is 0.659. The second kappa shape index (κ2) is 4.75. The third kappa shape index (κ3) is 2.57. The number of nitrogens with zero attached hydrogens (tertiary/aromatic N) is 1. The summed E-state index contributed by atoms with van der Waals surface area (Å²) in [7, 11) is 0. The molecule has 0 amide bonds. The first-order chi connectivity index (χ1) is 7.75. The van der Waals surface area contributed by atoms with E-state index in [1.165, 1.54) is 11.1 Å². The molecular weight excluding hydrogens is 194 g/mol.